The van der Waals surface area contributed by atoms with Gasteiger partial charge in [-0.15, -0.1) is 0 Å². The standard InChI is InChI=1S/C30H50O2/c1-17(2)19(4)30(7)16-25(30)18(3)22-8-9-23-27-24(11-13-29(22,23)6)28(5)12-10-21(31)14-20(28)15-26(27)32/h15,17-19,21-27,31-32H,8-14,16H2,1-7H3. The minimum absolute atomic E-state index is 0.204. The molecule has 0 aromatic heterocycles. The topological polar surface area (TPSA) is 40.5 Å². The van der Waals surface area contributed by atoms with Gasteiger partial charge in [0.05, 0.1) is 12.2 Å². The molecule has 0 aromatic carbocycles. The average Bonchev–Trinajstić information content (AvgIpc) is 3.30. The quantitative estimate of drug-likeness (QED) is 0.467. The highest BCUT2D eigenvalue weighted by atomic mass is 16.3. The first-order valence-corrected chi connectivity index (χ1v) is 14.0. The zero-order valence-electron chi connectivity index (χ0n) is 21.9. The fraction of sp³-hybridized carbons (Fsp3) is 0.933. The highest BCUT2D eigenvalue weighted by Gasteiger charge is 2.64. The number of aliphatic hydroxyl groups excluding tert-OH is 2. The van der Waals surface area contributed by atoms with E-state index < -0.39 is 0 Å². The molecule has 2 heteroatoms. The lowest BCUT2D eigenvalue weighted by molar-refractivity contribution is -0.0982. The Labute approximate surface area is 197 Å². The fourth-order valence-corrected chi connectivity index (χ4v) is 10.3. The Bertz CT molecular complexity index is 771. The maximum absolute atomic E-state index is 11.4. The largest absolute Gasteiger partial charge is 0.393 e. The number of aliphatic hydroxyl groups is 2. The molecule has 0 aliphatic heterocycles. The van der Waals surface area contributed by atoms with E-state index in [1.807, 2.05) is 0 Å². The van der Waals surface area contributed by atoms with E-state index in [1.165, 1.54) is 37.7 Å². The molecule has 0 bridgehead atoms. The van der Waals surface area contributed by atoms with Crippen molar-refractivity contribution in [2.24, 2.45) is 63.6 Å². The minimum atomic E-state index is -0.306. The second-order valence-electron chi connectivity index (χ2n) is 14.2. The van der Waals surface area contributed by atoms with Crippen molar-refractivity contribution in [1.29, 1.82) is 0 Å². The number of rotatable bonds is 4. The van der Waals surface area contributed by atoms with Crippen LogP contribution in [-0.4, -0.2) is 22.4 Å². The van der Waals surface area contributed by atoms with Gasteiger partial charge in [-0.05, 0) is 115 Å². The van der Waals surface area contributed by atoms with Gasteiger partial charge in [-0.3, -0.25) is 0 Å². The van der Waals surface area contributed by atoms with Gasteiger partial charge in [0, 0.05) is 0 Å². The van der Waals surface area contributed by atoms with Crippen molar-refractivity contribution in [3.63, 3.8) is 0 Å². The molecular weight excluding hydrogens is 392 g/mol. The molecule has 4 saturated carbocycles. The van der Waals surface area contributed by atoms with Gasteiger partial charge in [-0.1, -0.05) is 60.1 Å². The first-order valence-electron chi connectivity index (χ1n) is 14.0. The zero-order chi connectivity index (χ0) is 23.2. The highest BCUT2D eigenvalue weighted by Crippen LogP contribution is 2.71. The maximum atomic E-state index is 11.4. The molecule has 0 saturated heterocycles. The Kier molecular flexibility index (Phi) is 5.54. The SMILES string of the molecule is CC(C)C(C)C1(C)CC1C(C)C1CCC2C3C(O)C=C4CC(O)CCC4(C)C3CCC12C. The van der Waals surface area contributed by atoms with E-state index in [2.05, 4.69) is 54.5 Å². The smallest absolute Gasteiger partial charge is 0.0757 e. The Morgan fingerprint density at radius 1 is 0.875 bits per heavy atom. The number of hydrogen-bond donors (Lipinski definition) is 2. The van der Waals surface area contributed by atoms with Crippen LogP contribution in [0.5, 0.6) is 0 Å². The molecule has 2 N–H and O–H groups in total. The van der Waals surface area contributed by atoms with Gasteiger partial charge in [0.25, 0.3) is 0 Å². The summed E-state index contributed by atoms with van der Waals surface area (Å²) in [6, 6.07) is 0. The third-order valence-electron chi connectivity index (χ3n) is 12.8. The molecule has 0 heterocycles. The van der Waals surface area contributed by atoms with Crippen LogP contribution in [0, 0.1) is 63.6 Å². The molecule has 12 atom stereocenters. The summed E-state index contributed by atoms with van der Waals surface area (Å²) in [5.74, 6) is 5.78. The van der Waals surface area contributed by atoms with Crippen LogP contribution in [0.1, 0.15) is 99.8 Å². The number of fused-ring (bicyclic) bond motifs is 5. The van der Waals surface area contributed by atoms with Crippen LogP contribution < -0.4 is 0 Å². The predicted molar refractivity (Wildman–Crippen MR) is 132 cm³/mol. The van der Waals surface area contributed by atoms with Crippen molar-refractivity contribution in [2.75, 3.05) is 0 Å². The van der Waals surface area contributed by atoms with Crippen molar-refractivity contribution in [3.05, 3.63) is 11.6 Å². The van der Waals surface area contributed by atoms with Crippen molar-refractivity contribution in [1.82, 2.24) is 0 Å². The molecule has 2 nitrogen and oxygen atoms in total. The van der Waals surface area contributed by atoms with E-state index in [4.69, 9.17) is 0 Å². The second kappa shape index (κ2) is 7.58. The monoisotopic (exact) mass is 442 g/mol. The van der Waals surface area contributed by atoms with Gasteiger partial charge in [0.15, 0.2) is 0 Å². The molecule has 12 unspecified atom stereocenters. The Morgan fingerprint density at radius 3 is 2.28 bits per heavy atom. The van der Waals surface area contributed by atoms with Crippen molar-refractivity contribution in [2.45, 2.75) is 112 Å². The lowest BCUT2D eigenvalue weighted by atomic mass is 9.46. The summed E-state index contributed by atoms with van der Waals surface area (Å²) in [4.78, 5) is 0. The van der Waals surface area contributed by atoms with Gasteiger partial charge >= 0.3 is 0 Å². The van der Waals surface area contributed by atoms with E-state index in [9.17, 15) is 10.2 Å². The molecule has 4 fully saturated rings. The molecule has 0 amide bonds. The molecule has 0 spiro atoms. The van der Waals surface area contributed by atoms with Crippen LogP contribution in [-0.2, 0) is 0 Å². The third-order valence-corrected chi connectivity index (χ3v) is 12.8. The first-order chi connectivity index (χ1) is 14.9. The van der Waals surface area contributed by atoms with E-state index in [0.29, 0.717) is 28.6 Å². The summed E-state index contributed by atoms with van der Waals surface area (Å²) in [5.41, 5.74) is 2.50. The molecular formula is C30H50O2. The summed E-state index contributed by atoms with van der Waals surface area (Å²) in [7, 11) is 0. The van der Waals surface area contributed by atoms with E-state index in [-0.39, 0.29) is 17.6 Å². The average molecular weight is 443 g/mol. The van der Waals surface area contributed by atoms with Crippen LogP contribution in [0.15, 0.2) is 11.6 Å². The van der Waals surface area contributed by atoms with Gasteiger partial charge in [0.2, 0.25) is 0 Å². The predicted octanol–water partition coefficient (Wildman–Crippen LogP) is 6.85. The second-order valence-corrected chi connectivity index (χ2v) is 14.2. The van der Waals surface area contributed by atoms with Gasteiger partial charge in [-0.2, -0.15) is 0 Å². The Balaban J connectivity index is 1.38. The number of hydrogen-bond acceptors (Lipinski definition) is 2. The molecule has 32 heavy (non-hydrogen) atoms. The van der Waals surface area contributed by atoms with Crippen LogP contribution in [0.3, 0.4) is 0 Å². The molecule has 0 aromatic rings. The normalized spacial score (nSPS) is 54.3. The third kappa shape index (κ3) is 3.17. The molecule has 5 aliphatic rings. The summed E-state index contributed by atoms with van der Waals surface area (Å²) in [6.45, 7) is 17.5. The van der Waals surface area contributed by atoms with Gasteiger partial charge in [-0.25, -0.2) is 0 Å². The lowest BCUT2D eigenvalue weighted by Crippen LogP contribution is -2.55. The molecule has 0 radical (unpaired) electrons. The van der Waals surface area contributed by atoms with Crippen LogP contribution in [0.4, 0.5) is 0 Å². The highest BCUT2D eigenvalue weighted by molar-refractivity contribution is 5.28. The molecule has 5 aliphatic carbocycles. The Hall–Kier alpha value is -0.340. The van der Waals surface area contributed by atoms with Gasteiger partial charge in [0.1, 0.15) is 0 Å². The first kappa shape index (κ1) is 23.4. The van der Waals surface area contributed by atoms with E-state index in [1.54, 1.807) is 0 Å². The van der Waals surface area contributed by atoms with Crippen LogP contribution in [0.25, 0.3) is 0 Å². The summed E-state index contributed by atoms with van der Waals surface area (Å²) in [5, 5.41) is 21.7. The van der Waals surface area contributed by atoms with Crippen LogP contribution in [0.2, 0.25) is 0 Å². The van der Waals surface area contributed by atoms with Crippen molar-refractivity contribution < 1.29 is 10.2 Å². The summed E-state index contributed by atoms with van der Waals surface area (Å²) < 4.78 is 0. The Morgan fingerprint density at radius 2 is 1.59 bits per heavy atom. The molecule has 182 valence electrons. The summed E-state index contributed by atoms with van der Waals surface area (Å²) in [6.07, 6.45) is 11.2. The fourth-order valence-electron chi connectivity index (χ4n) is 10.3. The van der Waals surface area contributed by atoms with Crippen molar-refractivity contribution in [3.8, 4) is 0 Å². The van der Waals surface area contributed by atoms with Crippen LogP contribution >= 0.6 is 0 Å². The summed E-state index contributed by atoms with van der Waals surface area (Å²) >= 11 is 0. The zero-order valence-corrected chi connectivity index (χ0v) is 21.9. The van der Waals surface area contributed by atoms with E-state index >= 15 is 0 Å². The minimum Gasteiger partial charge on any atom is -0.393 e. The van der Waals surface area contributed by atoms with Crippen molar-refractivity contribution >= 4 is 0 Å². The molecule has 5 rings (SSSR count). The van der Waals surface area contributed by atoms with Gasteiger partial charge < -0.3 is 10.2 Å². The maximum Gasteiger partial charge on any atom is 0.0757 e. The lowest BCUT2D eigenvalue weighted by Gasteiger charge is -2.59. The van der Waals surface area contributed by atoms with E-state index in [0.717, 1.165) is 48.9 Å².